The van der Waals surface area contributed by atoms with Gasteiger partial charge in [-0.1, -0.05) is 0 Å². The third-order valence-electron chi connectivity index (χ3n) is 4.14. The number of hydrogen-bond acceptors (Lipinski definition) is 7. The van der Waals surface area contributed by atoms with Crippen LogP contribution in [0.2, 0.25) is 0 Å². The Balaban J connectivity index is 5.00. The number of guanidine groups is 2. The van der Waals surface area contributed by atoms with Gasteiger partial charge in [0.25, 0.3) is 0 Å². The van der Waals surface area contributed by atoms with E-state index in [1.54, 1.807) is 0 Å². The topological polar surface area (TPSA) is 288 Å². The lowest BCUT2D eigenvalue weighted by atomic mass is 10.1. The maximum Gasteiger partial charge on any atom is 0.326 e. The van der Waals surface area contributed by atoms with Crippen LogP contribution in [-0.2, 0) is 19.2 Å². The zero-order valence-corrected chi connectivity index (χ0v) is 17.7. The molecule has 0 aromatic heterocycles. The van der Waals surface area contributed by atoms with Crippen molar-refractivity contribution in [2.24, 2.45) is 38.7 Å². The molecule has 3 atom stereocenters. The van der Waals surface area contributed by atoms with Crippen molar-refractivity contribution in [3.63, 3.8) is 0 Å². The Labute approximate surface area is 184 Å². The number of amides is 2. The average molecular weight is 460 g/mol. The van der Waals surface area contributed by atoms with Gasteiger partial charge in [0, 0.05) is 19.5 Å². The number of aliphatic imine (C=N–C) groups is 2. The van der Waals surface area contributed by atoms with Crippen molar-refractivity contribution in [2.45, 2.75) is 56.7 Å². The Bertz CT molecular complexity index is 705. The standard InChI is InChI=1S/C17H33N9O6/c18-9(3-1-7-23-16(19)20)13(29)25-10(5-6-12(27)28)14(30)26-11(15(31)32)4-2-8-24-17(21)22/h9-11H,1-8,18H2,(H,25,29)(H,26,30)(H,27,28)(H,31,32)(H4,19,20,23)(H4,21,22,24)/t9-,10-,11-/m0/s1. The van der Waals surface area contributed by atoms with Crippen molar-refractivity contribution in [1.29, 1.82) is 0 Å². The molecule has 0 bridgehead atoms. The summed E-state index contributed by atoms with van der Waals surface area (Å²) in [6, 6.07) is -3.57. The normalized spacial score (nSPS) is 13.2. The molecule has 2 amide bonds. The summed E-state index contributed by atoms with van der Waals surface area (Å²) in [4.78, 5) is 54.7. The summed E-state index contributed by atoms with van der Waals surface area (Å²) in [7, 11) is 0. The minimum Gasteiger partial charge on any atom is -0.481 e. The third kappa shape index (κ3) is 13.6. The van der Waals surface area contributed by atoms with Crippen molar-refractivity contribution in [3.8, 4) is 0 Å². The van der Waals surface area contributed by atoms with Crippen LogP contribution in [0.15, 0.2) is 9.98 Å². The fourth-order valence-corrected chi connectivity index (χ4v) is 2.50. The summed E-state index contributed by atoms with van der Waals surface area (Å²) in [5.74, 6) is -4.28. The highest BCUT2D eigenvalue weighted by Gasteiger charge is 2.28. The number of nitrogens with one attached hydrogen (secondary N) is 2. The molecule has 14 N–H and O–H groups in total. The molecule has 32 heavy (non-hydrogen) atoms. The molecule has 0 saturated heterocycles. The Kier molecular flexibility index (Phi) is 13.5. The van der Waals surface area contributed by atoms with E-state index in [4.69, 9.17) is 33.8 Å². The predicted molar refractivity (Wildman–Crippen MR) is 116 cm³/mol. The molecule has 0 fully saturated rings. The number of carbonyl (C=O) groups is 4. The summed E-state index contributed by atoms with van der Waals surface area (Å²) < 4.78 is 0. The van der Waals surface area contributed by atoms with E-state index in [2.05, 4.69) is 20.6 Å². The van der Waals surface area contributed by atoms with Crippen LogP contribution >= 0.6 is 0 Å². The molecule has 15 heteroatoms. The fraction of sp³-hybridized carbons (Fsp3) is 0.647. The molecule has 0 unspecified atom stereocenters. The van der Waals surface area contributed by atoms with Crippen molar-refractivity contribution >= 4 is 35.7 Å². The fourth-order valence-electron chi connectivity index (χ4n) is 2.50. The molecule has 0 aromatic rings. The van der Waals surface area contributed by atoms with E-state index in [9.17, 15) is 24.3 Å². The number of carboxylic acids is 2. The minimum atomic E-state index is -1.30. The van der Waals surface area contributed by atoms with Crippen LogP contribution in [0.5, 0.6) is 0 Å². The van der Waals surface area contributed by atoms with Crippen LogP contribution in [0.25, 0.3) is 0 Å². The molecule has 0 aromatic carbocycles. The Morgan fingerprint density at radius 3 is 1.72 bits per heavy atom. The van der Waals surface area contributed by atoms with Gasteiger partial charge in [-0.25, -0.2) is 4.79 Å². The largest absolute Gasteiger partial charge is 0.481 e. The molecule has 0 saturated carbocycles. The van der Waals surface area contributed by atoms with Crippen LogP contribution < -0.4 is 39.3 Å². The summed E-state index contributed by atoms with van der Waals surface area (Å²) in [5.41, 5.74) is 26.6. The first kappa shape index (κ1) is 28.4. The second-order valence-electron chi connectivity index (χ2n) is 6.90. The second kappa shape index (κ2) is 15.2. The van der Waals surface area contributed by atoms with E-state index < -0.39 is 48.3 Å². The number of carboxylic acid groups (broad SMARTS) is 2. The maximum atomic E-state index is 12.6. The molecular weight excluding hydrogens is 426 g/mol. The van der Waals surface area contributed by atoms with E-state index in [1.165, 1.54) is 0 Å². The van der Waals surface area contributed by atoms with Crippen LogP contribution in [0.4, 0.5) is 0 Å². The van der Waals surface area contributed by atoms with Gasteiger partial charge in [-0.3, -0.25) is 24.4 Å². The Hall–Kier alpha value is -3.62. The highest BCUT2D eigenvalue weighted by atomic mass is 16.4. The van der Waals surface area contributed by atoms with Gasteiger partial charge in [0.15, 0.2) is 11.9 Å². The molecule has 0 rings (SSSR count). The molecule has 0 aliphatic rings. The molecule has 182 valence electrons. The van der Waals surface area contributed by atoms with Crippen LogP contribution in [0.1, 0.15) is 38.5 Å². The predicted octanol–water partition coefficient (Wildman–Crippen LogP) is -3.66. The number of carbonyl (C=O) groups excluding carboxylic acids is 2. The van der Waals surface area contributed by atoms with Gasteiger partial charge in [0.2, 0.25) is 11.8 Å². The monoisotopic (exact) mass is 459 g/mol. The summed E-state index contributed by atoms with van der Waals surface area (Å²) in [6.45, 7) is 0.419. The van der Waals surface area contributed by atoms with Gasteiger partial charge < -0.3 is 49.5 Å². The van der Waals surface area contributed by atoms with Crippen molar-refractivity contribution in [1.82, 2.24) is 10.6 Å². The minimum absolute atomic E-state index is 0.0156. The first-order valence-corrected chi connectivity index (χ1v) is 9.85. The van der Waals surface area contributed by atoms with Crippen LogP contribution in [0, 0.1) is 0 Å². The number of aliphatic carboxylic acids is 2. The number of nitrogens with two attached hydrogens (primary N) is 5. The first-order chi connectivity index (χ1) is 14.9. The summed E-state index contributed by atoms with van der Waals surface area (Å²) >= 11 is 0. The number of rotatable bonds is 16. The molecule has 15 nitrogen and oxygen atoms in total. The Morgan fingerprint density at radius 1 is 0.750 bits per heavy atom. The van der Waals surface area contributed by atoms with Gasteiger partial charge >= 0.3 is 11.9 Å². The smallest absolute Gasteiger partial charge is 0.326 e. The van der Waals surface area contributed by atoms with E-state index in [-0.39, 0.29) is 50.7 Å². The molecular formula is C17H33N9O6. The van der Waals surface area contributed by atoms with Gasteiger partial charge in [0.1, 0.15) is 12.1 Å². The Morgan fingerprint density at radius 2 is 1.25 bits per heavy atom. The van der Waals surface area contributed by atoms with E-state index in [1.807, 2.05) is 0 Å². The molecule has 0 radical (unpaired) electrons. The molecule has 0 heterocycles. The lowest BCUT2D eigenvalue weighted by Crippen LogP contribution is -2.54. The van der Waals surface area contributed by atoms with E-state index in [0.29, 0.717) is 6.42 Å². The van der Waals surface area contributed by atoms with Crippen molar-refractivity contribution in [3.05, 3.63) is 0 Å². The number of nitrogens with zero attached hydrogens (tertiary/aromatic N) is 2. The summed E-state index contributed by atoms with van der Waals surface area (Å²) in [6.07, 6.45) is 0.200. The lowest BCUT2D eigenvalue weighted by molar-refractivity contribution is -0.143. The van der Waals surface area contributed by atoms with Crippen molar-refractivity contribution in [2.75, 3.05) is 13.1 Å². The zero-order valence-electron chi connectivity index (χ0n) is 17.7. The second-order valence-corrected chi connectivity index (χ2v) is 6.90. The molecule has 0 spiro atoms. The van der Waals surface area contributed by atoms with Crippen molar-refractivity contribution < 1.29 is 29.4 Å². The lowest BCUT2D eigenvalue weighted by Gasteiger charge is -2.22. The van der Waals surface area contributed by atoms with E-state index >= 15 is 0 Å². The molecule has 0 aliphatic carbocycles. The zero-order chi connectivity index (χ0) is 24.7. The first-order valence-electron chi connectivity index (χ1n) is 9.85. The average Bonchev–Trinajstić information content (AvgIpc) is 2.69. The van der Waals surface area contributed by atoms with Gasteiger partial charge in [0.05, 0.1) is 6.04 Å². The molecule has 0 aliphatic heterocycles. The maximum absolute atomic E-state index is 12.6. The van der Waals surface area contributed by atoms with Crippen LogP contribution in [0.3, 0.4) is 0 Å². The number of hydrogen-bond donors (Lipinski definition) is 9. The van der Waals surface area contributed by atoms with Gasteiger partial charge in [-0.2, -0.15) is 0 Å². The van der Waals surface area contributed by atoms with Gasteiger partial charge in [-0.15, -0.1) is 0 Å². The van der Waals surface area contributed by atoms with Crippen LogP contribution in [-0.4, -0.2) is 77.1 Å². The highest BCUT2D eigenvalue weighted by Crippen LogP contribution is 2.05. The quantitative estimate of drug-likeness (QED) is 0.0615. The van der Waals surface area contributed by atoms with Gasteiger partial charge in [-0.05, 0) is 32.1 Å². The highest BCUT2D eigenvalue weighted by molar-refractivity contribution is 5.92. The third-order valence-corrected chi connectivity index (χ3v) is 4.14. The SMILES string of the molecule is NC(N)=NCCC[C@H](NC(=O)[C@H](CCC(=O)O)NC(=O)[C@@H](N)CCCN=C(N)N)C(=O)O. The summed E-state index contributed by atoms with van der Waals surface area (Å²) in [5, 5.41) is 22.9. The van der Waals surface area contributed by atoms with E-state index in [0.717, 1.165) is 0 Å².